The lowest BCUT2D eigenvalue weighted by Crippen LogP contribution is -2.34. The molecule has 7 heteroatoms. The number of nitriles is 2. The van der Waals surface area contributed by atoms with Crippen LogP contribution in [0.15, 0.2) is 29.3 Å². The Bertz CT molecular complexity index is 791. The van der Waals surface area contributed by atoms with Gasteiger partial charge in [0.25, 0.3) is 0 Å². The minimum atomic E-state index is -0.0918. The summed E-state index contributed by atoms with van der Waals surface area (Å²) in [6.45, 7) is 2.52. The molecule has 0 atom stereocenters. The summed E-state index contributed by atoms with van der Waals surface area (Å²) < 4.78 is 0. The standard InChI is InChI=1S/C17H17N5OS/c1-13-20-15-7-3-2-6-14(15)17(21-13)24-12-16(23)22(10-4-8-18)11-5-9-19/h2-3,6-7H,4-5,10-12H2,1H3. The fourth-order valence-corrected chi connectivity index (χ4v) is 3.19. The van der Waals surface area contributed by atoms with E-state index in [4.69, 9.17) is 10.5 Å². The highest BCUT2D eigenvalue weighted by Crippen LogP contribution is 2.25. The van der Waals surface area contributed by atoms with Crippen molar-refractivity contribution in [3.05, 3.63) is 30.1 Å². The smallest absolute Gasteiger partial charge is 0.233 e. The lowest BCUT2D eigenvalue weighted by Gasteiger charge is -2.20. The van der Waals surface area contributed by atoms with Crippen LogP contribution in [0.5, 0.6) is 0 Å². The Morgan fingerprint density at radius 2 is 1.83 bits per heavy atom. The monoisotopic (exact) mass is 339 g/mol. The number of aromatic nitrogens is 2. The van der Waals surface area contributed by atoms with Crippen molar-refractivity contribution in [2.45, 2.75) is 24.8 Å². The Morgan fingerprint density at radius 3 is 2.50 bits per heavy atom. The van der Waals surface area contributed by atoms with Gasteiger partial charge >= 0.3 is 0 Å². The molecule has 24 heavy (non-hydrogen) atoms. The van der Waals surface area contributed by atoms with E-state index in [-0.39, 0.29) is 24.5 Å². The Kier molecular flexibility index (Phi) is 6.53. The van der Waals surface area contributed by atoms with Gasteiger partial charge in [0, 0.05) is 18.5 Å². The van der Waals surface area contributed by atoms with E-state index < -0.39 is 0 Å². The number of amides is 1. The number of carbonyl (C=O) groups excluding carboxylic acids is 1. The topological polar surface area (TPSA) is 93.7 Å². The summed E-state index contributed by atoms with van der Waals surface area (Å²) in [4.78, 5) is 22.8. The number of nitrogens with zero attached hydrogens (tertiary/aromatic N) is 5. The summed E-state index contributed by atoms with van der Waals surface area (Å²) in [7, 11) is 0. The second kappa shape index (κ2) is 8.85. The molecule has 0 saturated carbocycles. The van der Waals surface area contributed by atoms with Crippen molar-refractivity contribution >= 4 is 28.6 Å². The number of hydrogen-bond donors (Lipinski definition) is 0. The minimum Gasteiger partial charge on any atom is -0.340 e. The van der Waals surface area contributed by atoms with Crippen LogP contribution in [-0.4, -0.2) is 39.6 Å². The van der Waals surface area contributed by atoms with E-state index in [1.54, 1.807) is 4.90 Å². The van der Waals surface area contributed by atoms with Crippen molar-refractivity contribution in [2.24, 2.45) is 0 Å². The molecule has 1 aromatic carbocycles. The molecule has 1 amide bonds. The van der Waals surface area contributed by atoms with Crippen LogP contribution < -0.4 is 0 Å². The zero-order valence-corrected chi connectivity index (χ0v) is 14.2. The molecule has 2 rings (SSSR count). The number of benzene rings is 1. The zero-order valence-electron chi connectivity index (χ0n) is 13.4. The second-order valence-electron chi connectivity index (χ2n) is 5.08. The van der Waals surface area contributed by atoms with Crippen LogP contribution in [0.4, 0.5) is 0 Å². The van der Waals surface area contributed by atoms with Crippen LogP contribution >= 0.6 is 11.8 Å². The van der Waals surface area contributed by atoms with Crippen LogP contribution in [-0.2, 0) is 4.79 Å². The molecular weight excluding hydrogens is 322 g/mol. The molecule has 1 heterocycles. The zero-order chi connectivity index (χ0) is 17.4. The SMILES string of the molecule is Cc1nc(SCC(=O)N(CCC#N)CCC#N)c2ccccc2n1. The third-order valence-corrected chi connectivity index (χ3v) is 4.33. The Balaban J connectivity index is 2.10. The molecule has 1 aromatic heterocycles. The van der Waals surface area contributed by atoms with Gasteiger partial charge in [-0.1, -0.05) is 30.0 Å². The van der Waals surface area contributed by atoms with Gasteiger partial charge in [0.2, 0.25) is 5.91 Å². The number of para-hydroxylation sites is 1. The van der Waals surface area contributed by atoms with Crippen LogP contribution in [0.2, 0.25) is 0 Å². The van der Waals surface area contributed by atoms with Gasteiger partial charge in [-0.2, -0.15) is 10.5 Å². The number of hydrogen-bond acceptors (Lipinski definition) is 6. The fraction of sp³-hybridized carbons (Fsp3) is 0.353. The largest absolute Gasteiger partial charge is 0.340 e. The molecule has 0 bridgehead atoms. The average Bonchev–Trinajstić information content (AvgIpc) is 2.59. The highest BCUT2D eigenvalue weighted by atomic mass is 32.2. The first-order valence-electron chi connectivity index (χ1n) is 7.53. The second-order valence-corrected chi connectivity index (χ2v) is 6.04. The van der Waals surface area contributed by atoms with Crippen molar-refractivity contribution in [1.82, 2.24) is 14.9 Å². The summed E-state index contributed by atoms with van der Waals surface area (Å²) in [6, 6.07) is 11.7. The molecule has 0 N–H and O–H groups in total. The quantitative estimate of drug-likeness (QED) is 0.568. The fourth-order valence-electron chi connectivity index (χ4n) is 2.22. The molecule has 0 aliphatic rings. The van der Waals surface area contributed by atoms with Gasteiger partial charge in [0.05, 0.1) is 36.2 Å². The maximum absolute atomic E-state index is 12.4. The number of thioether (sulfide) groups is 1. The predicted molar refractivity (Wildman–Crippen MR) is 92.0 cm³/mol. The first-order valence-corrected chi connectivity index (χ1v) is 8.52. The van der Waals surface area contributed by atoms with Gasteiger partial charge in [-0.15, -0.1) is 0 Å². The van der Waals surface area contributed by atoms with E-state index in [2.05, 4.69) is 9.97 Å². The van der Waals surface area contributed by atoms with Crippen LogP contribution in [0.1, 0.15) is 18.7 Å². The number of carbonyl (C=O) groups is 1. The molecule has 2 aromatic rings. The van der Waals surface area contributed by atoms with E-state index in [9.17, 15) is 4.79 Å². The summed E-state index contributed by atoms with van der Waals surface area (Å²) in [5, 5.41) is 19.1. The Morgan fingerprint density at radius 1 is 1.17 bits per heavy atom. The third-order valence-electron chi connectivity index (χ3n) is 3.35. The van der Waals surface area contributed by atoms with Crippen LogP contribution in [0.25, 0.3) is 10.9 Å². The summed E-state index contributed by atoms with van der Waals surface area (Å²) in [5.74, 6) is 0.789. The van der Waals surface area contributed by atoms with Crippen molar-refractivity contribution in [1.29, 1.82) is 10.5 Å². The highest BCUT2D eigenvalue weighted by Gasteiger charge is 2.15. The third kappa shape index (κ3) is 4.68. The first kappa shape index (κ1) is 17.7. The van der Waals surface area contributed by atoms with Crippen molar-refractivity contribution in [2.75, 3.05) is 18.8 Å². The lowest BCUT2D eigenvalue weighted by molar-refractivity contribution is -0.128. The summed E-state index contributed by atoms with van der Waals surface area (Å²) >= 11 is 1.36. The molecular formula is C17H17N5OS. The first-order chi connectivity index (χ1) is 11.7. The van der Waals surface area contributed by atoms with Gasteiger partial charge in [-0.3, -0.25) is 4.79 Å². The Labute approximate surface area is 145 Å². The Hall–Kier alpha value is -2.64. The summed E-state index contributed by atoms with van der Waals surface area (Å²) in [6.07, 6.45) is 0.523. The van der Waals surface area contributed by atoms with Gasteiger partial charge in [0.15, 0.2) is 0 Å². The van der Waals surface area contributed by atoms with E-state index in [1.807, 2.05) is 43.3 Å². The molecule has 0 saturated heterocycles. The molecule has 0 radical (unpaired) electrons. The van der Waals surface area contributed by atoms with Crippen LogP contribution in [0.3, 0.4) is 0 Å². The molecule has 0 aliphatic carbocycles. The van der Waals surface area contributed by atoms with E-state index in [0.717, 1.165) is 15.9 Å². The number of aryl methyl sites for hydroxylation is 1. The molecule has 0 unspecified atom stereocenters. The number of rotatable bonds is 7. The molecule has 0 aliphatic heterocycles. The van der Waals surface area contributed by atoms with Gasteiger partial charge in [-0.05, 0) is 13.0 Å². The van der Waals surface area contributed by atoms with Crippen LogP contribution in [0, 0.1) is 29.6 Å². The van der Waals surface area contributed by atoms with Gasteiger partial charge in [0.1, 0.15) is 10.9 Å². The molecule has 0 fully saturated rings. The maximum atomic E-state index is 12.4. The van der Waals surface area contributed by atoms with E-state index in [0.29, 0.717) is 18.9 Å². The maximum Gasteiger partial charge on any atom is 0.233 e. The highest BCUT2D eigenvalue weighted by molar-refractivity contribution is 8.00. The minimum absolute atomic E-state index is 0.0918. The van der Waals surface area contributed by atoms with Crippen molar-refractivity contribution in [3.63, 3.8) is 0 Å². The normalized spacial score (nSPS) is 10.1. The molecule has 0 spiro atoms. The van der Waals surface area contributed by atoms with Gasteiger partial charge in [-0.25, -0.2) is 9.97 Å². The van der Waals surface area contributed by atoms with E-state index in [1.165, 1.54) is 11.8 Å². The average molecular weight is 339 g/mol. The number of fused-ring (bicyclic) bond motifs is 1. The van der Waals surface area contributed by atoms with Gasteiger partial charge < -0.3 is 4.90 Å². The predicted octanol–water partition coefficient (Wildman–Crippen LogP) is 2.69. The summed E-state index contributed by atoms with van der Waals surface area (Å²) in [5.41, 5.74) is 0.853. The van der Waals surface area contributed by atoms with Crippen molar-refractivity contribution in [3.8, 4) is 12.1 Å². The molecule has 122 valence electrons. The molecule has 6 nitrogen and oxygen atoms in total. The van der Waals surface area contributed by atoms with Crippen molar-refractivity contribution < 1.29 is 4.79 Å². The lowest BCUT2D eigenvalue weighted by atomic mass is 10.2. The van der Waals surface area contributed by atoms with E-state index >= 15 is 0 Å².